The van der Waals surface area contributed by atoms with Crippen LogP contribution in [0.25, 0.3) is 6.08 Å². The van der Waals surface area contributed by atoms with Crippen molar-refractivity contribution in [2.24, 2.45) is 0 Å². The third kappa shape index (κ3) is 11.0. The smallest absolute Gasteiger partial charge is 0.339 e. The lowest BCUT2D eigenvalue weighted by molar-refractivity contribution is 0.0682. The van der Waals surface area contributed by atoms with Crippen LogP contribution in [0.4, 0.5) is 0 Å². The van der Waals surface area contributed by atoms with Crippen molar-refractivity contribution >= 4 is 18.0 Å². The van der Waals surface area contributed by atoms with Gasteiger partial charge in [0.1, 0.15) is 39.9 Å². The van der Waals surface area contributed by atoms with Crippen molar-refractivity contribution in [3.05, 3.63) is 77.6 Å². The lowest BCUT2D eigenvalue weighted by atomic mass is 10.2. The van der Waals surface area contributed by atoms with Crippen molar-refractivity contribution in [1.82, 2.24) is 10.3 Å². The Labute approximate surface area is 213 Å². The first kappa shape index (κ1) is 30.3. The number of hydrogen-bond donors (Lipinski definition) is 7. The van der Waals surface area contributed by atoms with E-state index < -0.39 is 11.9 Å². The number of carboxylic acid groups (broad SMARTS) is 2. The first-order valence-electron chi connectivity index (χ1n) is 10.8. The second-order valence-corrected chi connectivity index (χ2v) is 7.50. The second-order valence-electron chi connectivity index (χ2n) is 7.50. The van der Waals surface area contributed by atoms with Gasteiger partial charge in [0, 0.05) is 12.2 Å². The molecule has 11 heteroatoms. The molecule has 0 aliphatic rings. The van der Waals surface area contributed by atoms with Crippen LogP contribution in [-0.2, 0) is 0 Å². The van der Waals surface area contributed by atoms with Crippen molar-refractivity contribution < 1.29 is 45.0 Å². The number of carboxylic acids is 2. The van der Waals surface area contributed by atoms with Crippen LogP contribution in [0.3, 0.4) is 0 Å². The molecule has 7 N–H and O–H groups in total. The molecule has 0 radical (unpaired) electrons. The van der Waals surface area contributed by atoms with Gasteiger partial charge in [-0.3, -0.25) is 4.98 Å². The monoisotopic (exact) mass is 514 g/mol. The van der Waals surface area contributed by atoms with Gasteiger partial charge in [0.2, 0.25) is 0 Å². The molecule has 1 aromatic heterocycles. The van der Waals surface area contributed by atoms with E-state index >= 15 is 0 Å². The van der Waals surface area contributed by atoms with E-state index in [4.69, 9.17) is 35.4 Å². The Morgan fingerprint density at radius 2 is 1.43 bits per heavy atom. The zero-order chi connectivity index (χ0) is 28.0. The summed E-state index contributed by atoms with van der Waals surface area (Å²) in [6.07, 6.45) is 8.73. The number of nitrogens with zero attached hydrogens (tertiary/aromatic N) is 1. The standard InChI is InChI=1S/C12H18N2O.2C7H6O4/c1-10(13-2)5-4-6-11-7-12(15-3)9-14-8-11;2*8-4-1-2-6(9)5(3-4)7(10)11/h4,6-10,13H,5H2,1-3H3;2*1-3,8-9H,(H,10,11)/b6-4+;;/t10-;;/m0../s1. The maximum Gasteiger partial charge on any atom is 0.339 e. The molecule has 0 aliphatic heterocycles. The van der Waals surface area contributed by atoms with E-state index in [2.05, 4.69) is 29.4 Å². The normalized spacial score (nSPS) is 10.9. The Kier molecular flexibility index (Phi) is 12.5. The molecule has 1 heterocycles. The second kappa shape index (κ2) is 15.3. The number of pyridine rings is 1. The van der Waals surface area contributed by atoms with Crippen molar-refractivity contribution in [3.8, 4) is 28.7 Å². The van der Waals surface area contributed by atoms with Crippen LogP contribution in [0.2, 0.25) is 0 Å². The fourth-order valence-corrected chi connectivity index (χ4v) is 2.56. The number of benzene rings is 2. The summed E-state index contributed by atoms with van der Waals surface area (Å²) in [7, 11) is 3.61. The van der Waals surface area contributed by atoms with E-state index in [1.165, 1.54) is 12.1 Å². The molecule has 0 unspecified atom stereocenters. The summed E-state index contributed by atoms with van der Waals surface area (Å²) >= 11 is 0. The van der Waals surface area contributed by atoms with Gasteiger partial charge in [-0.1, -0.05) is 12.2 Å². The number of methoxy groups -OCH3 is 1. The predicted molar refractivity (Wildman–Crippen MR) is 136 cm³/mol. The van der Waals surface area contributed by atoms with Crippen LogP contribution < -0.4 is 10.1 Å². The zero-order valence-corrected chi connectivity index (χ0v) is 20.5. The van der Waals surface area contributed by atoms with E-state index in [1.807, 2.05) is 19.3 Å². The summed E-state index contributed by atoms with van der Waals surface area (Å²) in [6, 6.07) is 9.10. The highest BCUT2D eigenvalue weighted by molar-refractivity contribution is 5.91. The number of aromatic hydroxyl groups is 4. The van der Waals surface area contributed by atoms with Gasteiger partial charge >= 0.3 is 11.9 Å². The van der Waals surface area contributed by atoms with E-state index in [9.17, 15) is 9.59 Å². The first-order valence-corrected chi connectivity index (χ1v) is 10.8. The highest BCUT2D eigenvalue weighted by atomic mass is 16.5. The molecule has 0 bridgehead atoms. The van der Waals surface area contributed by atoms with Crippen LogP contribution in [0.5, 0.6) is 28.7 Å². The Morgan fingerprint density at radius 1 is 0.919 bits per heavy atom. The molecule has 198 valence electrons. The Balaban J connectivity index is 0.000000283. The maximum absolute atomic E-state index is 10.3. The lowest BCUT2D eigenvalue weighted by Crippen LogP contribution is -2.19. The molecule has 37 heavy (non-hydrogen) atoms. The van der Waals surface area contributed by atoms with Crippen LogP contribution in [0.1, 0.15) is 39.6 Å². The number of aromatic carboxylic acids is 2. The molecule has 3 rings (SSSR count). The Hall–Kier alpha value is -4.77. The molecule has 0 spiro atoms. The maximum atomic E-state index is 10.3. The van der Waals surface area contributed by atoms with Crippen LogP contribution in [-0.4, -0.2) is 67.8 Å². The summed E-state index contributed by atoms with van der Waals surface area (Å²) in [4.78, 5) is 24.7. The van der Waals surface area contributed by atoms with E-state index in [0.29, 0.717) is 6.04 Å². The molecule has 0 saturated heterocycles. The summed E-state index contributed by atoms with van der Waals surface area (Å²) in [5.41, 5.74) is 0.465. The third-order valence-electron chi connectivity index (χ3n) is 4.68. The minimum Gasteiger partial charge on any atom is -0.508 e. The number of rotatable bonds is 7. The SMILES string of the molecule is CN[C@@H](C)C/C=C/c1cncc(OC)c1.O=C(O)c1cc(O)ccc1O.O=C(O)c1cc(O)ccc1O. The van der Waals surface area contributed by atoms with Crippen molar-refractivity contribution in [2.75, 3.05) is 14.2 Å². The van der Waals surface area contributed by atoms with E-state index in [-0.39, 0.29) is 34.1 Å². The molecule has 0 fully saturated rings. The zero-order valence-electron chi connectivity index (χ0n) is 20.5. The summed E-state index contributed by atoms with van der Waals surface area (Å²) < 4.78 is 5.09. The van der Waals surface area contributed by atoms with Gasteiger partial charge in [-0.25, -0.2) is 9.59 Å². The highest BCUT2D eigenvalue weighted by Gasteiger charge is 2.09. The fraction of sp³-hybridized carbons (Fsp3) is 0.192. The molecule has 0 aliphatic carbocycles. The average molecular weight is 515 g/mol. The first-order chi connectivity index (χ1) is 17.5. The van der Waals surface area contributed by atoms with Gasteiger partial charge in [-0.15, -0.1) is 0 Å². The highest BCUT2D eigenvalue weighted by Crippen LogP contribution is 2.22. The van der Waals surface area contributed by atoms with Gasteiger partial charge in [0.05, 0.1) is 13.3 Å². The summed E-state index contributed by atoms with van der Waals surface area (Å²) in [6.45, 7) is 2.15. The topological polar surface area (TPSA) is 190 Å². The Morgan fingerprint density at radius 3 is 1.84 bits per heavy atom. The number of phenols is 4. The van der Waals surface area contributed by atoms with Gasteiger partial charge < -0.3 is 40.7 Å². The number of aromatic nitrogens is 1. The van der Waals surface area contributed by atoms with Gasteiger partial charge in [0.25, 0.3) is 0 Å². The lowest BCUT2D eigenvalue weighted by Gasteiger charge is -2.05. The summed E-state index contributed by atoms with van der Waals surface area (Å²) in [5, 5.41) is 55.5. The van der Waals surface area contributed by atoms with Crippen LogP contribution in [0.15, 0.2) is 60.9 Å². The summed E-state index contributed by atoms with van der Waals surface area (Å²) in [5.74, 6) is -2.80. The number of carbonyl (C=O) groups is 2. The Bertz CT molecular complexity index is 1150. The minimum absolute atomic E-state index is 0.180. The van der Waals surface area contributed by atoms with Crippen molar-refractivity contribution in [3.63, 3.8) is 0 Å². The minimum atomic E-state index is -1.27. The quantitative estimate of drug-likeness (QED) is 0.228. The molecule has 3 aromatic rings. The number of nitrogens with one attached hydrogen (secondary N) is 1. The molecule has 0 saturated carbocycles. The molecule has 1 atom stereocenters. The van der Waals surface area contributed by atoms with E-state index in [0.717, 1.165) is 42.0 Å². The largest absolute Gasteiger partial charge is 0.508 e. The number of phenolic OH excluding ortho intramolecular Hbond substituents is 2. The molecular weight excluding hydrogens is 484 g/mol. The molecule has 0 amide bonds. The van der Waals surface area contributed by atoms with E-state index in [1.54, 1.807) is 13.3 Å². The average Bonchev–Trinajstić information content (AvgIpc) is 2.87. The number of hydrogen-bond acceptors (Lipinski definition) is 9. The van der Waals surface area contributed by atoms with Crippen molar-refractivity contribution in [2.45, 2.75) is 19.4 Å². The van der Waals surface area contributed by atoms with Gasteiger partial charge in [0.15, 0.2) is 0 Å². The molecule has 11 nitrogen and oxygen atoms in total. The fourth-order valence-electron chi connectivity index (χ4n) is 2.56. The van der Waals surface area contributed by atoms with Gasteiger partial charge in [-0.2, -0.15) is 0 Å². The molecule has 2 aromatic carbocycles. The number of ether oxygens (including phenoxy) is 1. The molecular formula is C26H30N2O9. The van der Waals surface area contributed by atoms with Crippen LogP contribution >= 0.6 is 0 Å². The van der Waals surface area contributed by atoms with Crippen LogP contribution in [0, 0.1) is 0 Å². The third-order valence-corrected chi connectivity index (χ3v) is 4.68. The van der Waals surface area contributed by atoms with Gasteiger partial charge in [-0.05, 0) is 68.4 Å². The van der Waals surface area contributed by atoms with Crippen molar-refractivity contribution in [1.29, 1.82) is 0 Å². The predicted octanol–water partition coefficient (Wildman–Crippen LogP) is 3.69.